The molecule has 0 bridgehead atoms. The molecule has 4 heteroatoms. The Bertz CT molecular complexity index is 942. The summed E-state index contributed by atoms with van der Waals surface area (Å²) in [6.07, 6.45) is 0.708. The van der Waals surface area contributed by atoms with Crippen LogP contribution in [0.3, 0.4) is 0 Å². The second-order valence-electron chi connectivity index (χ2n) is 7.51. The Hall–Kier alpha value is -2.77. The number of oxazole rings is 1. The molecule has 0 N–H and O–H groups in total. The number of ether oxygens (including phenoxy) is 1. The van der Waals surface area contributed by atoms with E-state index in [4.69, 9.17) is 9.15 Å². The Labute approximate surface area is 162 Å². The fourth-order valence-corrected chi connectivity index (χ4v) is 3.04. The van der Waals surface area contributed by atoms with Gasteiger partial charge < -0.3 is 9.15 Å². The standard InChI is InChI=1S/C23H25NO2Si/c1-18-22(24-23(26-18)20-8-6-5-7-9-20)14-16-25-21-12-10-19(11-13-21)15-17-27(2,3)4/h5-13H,14,16H2,1-4H3. The fraction of sp³-hybridized carbons (Fsp3) is 0.261. The van der Waals surface area contributed by atoms with E-state index in [-0.39, 0.29) is 0 Å². The van der Waals surface area contributed by atoms with Gasteiger partial charge in [-0.2, -0.15) is 0 Å². The SMILES string of the molecule is Cc1oc(-c2ccccc2)nc1CCOc1ccc(C#C[Si](C)(C)C)cc1. The van der Waals surface area contributed by atoms with Crippen LogP contribution >= 0.6 is 0 Å². The van der Waals surface area contributed by atoms with Crippen molar-refractivity contribution >= 4 is 8.07 Å². The monoisotopic (exact) mass is 375 g/mol. The Morgan fingerprint density at radius 3 is 2.37 bits per heavy atom. The molecular formula is C23H25NO2Si. The van der Waals surface area contributed by atoms with E-state index in [0.717, 1.165) is 28.3 Å². The van der Waals surface area contributed by atoms with Gasteiger partial charge in [-0.15, -0.1) is 5.54 Å². The van der Waals surface area contributed by atoms with Crippen LogP contribution in [-0.2, 0) is 6.42 Å². The molecule has 0 aliphatic rings. The van der Waals surface area contributed by atoms with Gasteiger partial charge in [0.1, 0.15) is 19.6 Å². The molecule has 0 fully saturated rings. The lowest BCUT2D eigenvalue weighted by Crippen LogP contribution is -2.16. The van der Waals surface area contributed by atoms with Crippen molar-refractivity contribution in [1.29, 1.82) is 0 Å². The summed E-state index contributed by atoms with van der Waals surface area (Å²) in [6, 6.07) is 17.9. The maximum atomic E-state index is 5.86. The van der Waals surface area contributed by atoms with Crippen LogP contribution in [-0.4, -0.2) is 19.7 Å². The Kier molecular flexibility index (Phi) is 5.83. The summed E-state index contributed by atoms with van der Waals surface area (Å²) >= 11 is 0. The van der Waals surface area contributed by atoms with E-state index in [1.54, 1.807) is 0 Å². The maximum Gasteiger partial charge on any atom is 0.226 e. The topological polar surface area (TPSA) is 35.3 Å². The van der Waals surface area contributed by atoms with E-state index >= 15 is 0 Å². The summed E-state index contributed by atoms with van der Waals surface area (Å²) in [5, 5.41) is 0. The molecular weight excluding hydrogens is 350 g/mol. The van der Waals surface area contributed by atoms with E-state index < -0.39 is 8.07 Å². The average molecular weight is 376 g/mol. The lowest BCUT2D eigenvalue weighted by molar-refractivity contribution is 0.320. The number of aromatic nitrogens is 1. The van der Waals surface area contributed by atoms with E-state index in [1.807, 2.05) is 61.5 Å². The van der Waals surface area contributed by atoms with Crippen LogP contribution in [0.1, 0.15) is 17.0 Å². The molecule has 1 aromatic heterocycles. The van der Waals surface area contributed by atoms with E-state index in [2.05, 4.69) is 36.1 Å². The van der Waals surface area contributed by atoms with E-state index in [0.29, 0.717) is 18.9 Å². The van der Waals surface area contributed by atoms with Crippen molar-refractivity contribution in [2.45, 2.75) is 33.0 Å². The molecule has 0 saturated carbocycles. The molecule has 27 heavy (non-hydrogen) atoms. The number of rotatable bonds is 5. The third kappa shape index (κ3) is 5.60. The second-order valence-corrected chi connectivity index (χ2v) is 12.3. The van der Waals surface area contributed by atoms with Crippen molar-refractivity contribution in [2.24, 2.45) is 0 Å². The first-order chi connectivity index (χ1) is 12.9. The van der Waals surface area contributed by atoms with Crippen LogP contribution in [0.4, 0.5) is 0 Å². The van der Waals surface area contributed by atoms with E-state index in [1.165, 1.54) is 0 Å². The van der Waals surface area contributed by atoms with Crippen LogP contribution in [0.25, 0.3) is 11.5 Å². The van der Waals surface area contributed by atoms with Gasteiger partial charge in [0.15, 0.2) is 0 Å². The number of aryl methyl sites for hydroxylation is 1. The largest absolute Gasteiger partial charge is 0.493 e. The second kappa shape index (κ2) is 8.28. The molecule has 138 valence electrons. The molecule has 0 atom stereocenters. The number of hydrogen-bond acceptors (Lipinski definition) is 3. The summed E-state index contributed by atoms with van der Waals surface area (Å²) in [4.78, 5) is 4.61. The number of hydrogen-bond donors (Lipinski definition) is 0. The molecule has 0 saturated heterocycles. The number of nitrogens with zero attached hydrogens (tertiary/aromatic N) is 1. The van der Waals surface area contributed by atoms with Crippen molar-refractivity contribution in [3.8, 4) is 28.7 Å². The zero-order chi connectivity index (χ0) is 19.3. The average Bonchev–Trinajstić information content (AvgIpc) is 3.02. The molecule has 0 radical (unpaired) electrons. The predicted molar refractivity (Wildman–Crippen MR) is 113 cm³/mol. The highest BCUT2D eigenvalue weighted by Gasteiger charge is 2.11. The van der Waals surface area contributed by atoms with Gasteiger partial charge in [-0.05, 0) is 43.3 Å². The normalized spacial score (nSPS) is 11.0. The summed E-state index contributed by atoms with van der Waals surface area (Å²) < 4.78 is 11.7. The summed E-state index contributed by atoms with van der Waals surface area (Å²) in [6.45, 7) is 9.23. The molecule has 3 nitrogen and oxygen atoms in total. The third-order valence-corrected chi connectivity index (χ3v) is 4.83. The zero-order valence-corrected chi connectivity index (χ0v) is 17.4. The molecule has 2 aromatic carbocycles. The first kappa shape index (κ1) is 19.0. The Morgan fingerprint density at radius 2 is 1.70 bits per heavy atom. The van der Waals surface area contributed by atoms with Crippen molar-refractivity contribution in [2.75, 3.05) is 6.61 Å². The minimum atomic E-state index is -1.35. The van der Waals surface area contributed by atoms with Crippen LogP contribution in [0, 0.1) is 18.4 Å². The van der Waals surface area contributed by atoms with Crippen molar-refractivity contribution in [3.05, 3.63) is 71.6 Å². The van der Waals surface area contributed by atoms with E-state index in [9.17, 15) is 0 Å². The quantitative estimate of drug-likeness (QED) is 0.436. The molecule has 3 rings (SSSR count). The summed E-state index contributed by atoms with van der Waals surface area (Å²) in [5.41, 5.74) is 6.33. The smallest absolute Gasteiger partial charge is 0.226 e. The van der Waals surface area contributed by atoms with Gasteiger partial charge in [-0.25, -0.2) is 4.98 Å². The van der Waals surface area contributed by atoms with Gasteiger partial charge in [0, 0.05) is 17.5 Å². The van der Waals surface area contributed by atoms with Crippen LogP contribution in [0.5, 0.6) is 5.75 Å². The van der Waals surface area contributed by atoms with Gasteiger partial charge in [0.05, 0.1) is 12.3 Å². The van der Waals surface area contributed by atoms with Gasteiger partial charge in [0.25, 0.3) is 0 Å². The molecule has 0 aliphatic carbocycles. The highest BCUT2D eigenvalue weighted by molar-refractivity contribution is 6.83. The van der Waals surface area contributed by atoms with Gasteiger partial charge >= 0.3 is 0 Å². The maximum absolute atomic E-state index is 5.86. The Balaban J connectivity index is 1.57. The molecule has 1 heterocycles. The van der Waals surface area contributed by atoms with Gasteiger partial charge in [-0.3, -0.25) is 0 Å². The minimum absolute atomic E-state index is 0.557. The van der Waals surface area contributed by atoms with Crippen molar-refractivity contribution in [1.82, 2.24) is 4.98 Å². The first-order valence-corrected chi connectivity index (χ1v) is 12.7. The van der Waals surface area contributed by atoms with Crippen LogP contribution in [0.15, 0.2) is 59.0 Å². The van der Waals surface area contributed by atoms with Gasteiger partial charge in [0.2, 0.25) is 5.89 Å². The van der Waals surface area contributed by atoms with Crippen molar-refractivity contribution < 1.29 is 9.15 Å². The zero-order valence-electron chi connectivity index (χ0n) is 16.4. The summed E-state index contributed by atoms with van der Waals surface area (Å²) in [7, 11) is -1.35. The lowest BCUT2D eigenvalue weighted by atomic mass is 10.2. The molecule has 0 unspecified atom stereocenters. The third-order valence-electron chi connectivity index (χ3n) is 3.96. The molecule has 3 aromatic rings. The minimum Gasteiger partial charge on any atom is -0.493 e. The fourth-order valence-electron chi connectivity index (χ4n) is 2.52. The van der Waals surface area contributed by atoms with Crippen LogP contribution < -0.4 is 4.74 Å². The first-order valence-electron chi connectivity index (χ1n) is 9.18. The molecule has 0 amide bonds. The number of benzene rings is 2. The molecule has 0 aliphatic heterocycles. The predicted octanol–water partition coefficient (Wildman–Crippen LogP) is 5.50. The summed E-state index contributed by atoms with van der Waals surface area (Å²) in [5.74, 6) is 5.60. The van der Waals surface area contributed by atoms with Gasteiger partial charge in [-0.1, -0.05) is 43.8 Å². The van der Waals surface area contributed by atoms with Crippen molar-refractivity contribution in [3.63, 3.8) is 0 Å². The highest BCUT2D eigenvalue weighted by Crippen LogP contribution is 2.22. The van der Waals surface area contributed by atoms with Crippen LogP contribution in [0.2, 0.25) is 19.6 Å². The highest BCUT2D eigenvalue weighted by atomic mass is 28.3. The molecule has 0 spiro atoms. The Morgan fingerprint density at radius 1 is 1.00 bits per heavy atom. The lowest BCUT2D eigenvalue weighted by Gasteiger charge is -2.06.